The number of hydrogen-bond acceptors (Lipinski definition) is 7. The molecule has 0 saturated heterocycles. The smallest absolute Gasteiger partial charge is 0.255 e. The Labute approximate surface area is 195 Å². The van der Waals surface area contributed by atoms with Crippen LogP contribution in [0.25, 0.3) is 22.3 Å². The van der Waals surface area contributed by atoms with Crippen molar-refractivity contribution in [2.45, 2.75) is 13.5 Å². The molecule has 0 aliphatic rings. The van der Waals surface area contributed by atoms with Crippen LogP contribution >= 0.6 is 0 Å². The van der Waals surface area contributed by atoms with Gasteiger partial charge in [0, 0.05) is 37.2 Å². The summed E-state index contributed by atoms with van der Waals surface area (Å²) in [6.45, 7) is 1.74. The number of carbonyl (C=O) groups excluding carboxylic acids is 1. The van der Waals surface area contributed by atoms with Gasteiger partial charge in [0.15, 0.2) is 0 Å². The van der Waals surface area contributed by atoms with Crippen molar-refractivity contribution in [2.75, 3.05) is 24.7 Å². The third-order valence-corrected chi connectivity index (χ3v) is 6.41. The van der Waals surface area contributed by atoms with Gasteiger partial charge in [-0.05, 0) is 37.3 Å². The Balaban J connectivity index is 1.92. The standard InChI is InChI=1S/C23H22FN3O6S/c1-13-9-16(26-33-13)12-31-20-10-17-19(11-18(20)27(3)34(4,29)30)32-22(21(17)23(28)25-2)14-5-7-15(24)8-6-14/h5-11H,12H2,1-4H3,(H,25,28). The molecule has 4 aromatic rings. The molecular weight excluding hydrogens is 465 g/mol. The molecule has 0 atom stereocenters. The first-order chi connectivity index (χ1) is 16.1. The number of sulfonamides is 1. The summed E-state index contributed by atoms with van der Waals surface area (Å²) >= 11 is 0. The minimum Gasteiger partial charge on any atom is -0.485 e. The predicted molar refractivity (Wildman–Crippen MR) is 124 cm³/mol. The Morgan fingerprint density at radius 2 is 1.91 bits per heavy atom. The molecule has 2 aromatic carbocycles. The number of aryl methyl sites for hydroxylation is 1. The zero-order valence-electron chi connectivity index (χ0n) is 18.9. The van der Waals surface area contributed by atoms with E-state index in [-0.39, 0.29) is 35.0 Å². The van der Waals surface area contributed by atoms with Crippen LogP contribution in [0.1, 0.15) is 21.8 Å². The van der Waals surface area contributed by atoms with Crippen LogP contribution in [-0.4, -0.2) is 39.8 Å². The lowest BCUT2D eigenvalue weighted by Crippen LogP contribution is -2.25. The molecule has 0 unspecified atom stereocenters. The second-order valence-electron chi connectivity index (χ2n) is 7.66. The number of furan rings is 1. The minimum atomic E-state index is -3.65. The summed E-state index contributed by atoms with van der Waals surface area (Å²) in [5.74, 6) is 0.144. The van der Waals surface area contributed by atoms with Crippen LogP contribution in [0.2, 0.25) is 0 Å². The normalized spacial score (nSPS) is 11.6. The highest BCUT2D eigenvalue weighted by Gasteiger charge is 2.26. The molecule has 0 fully saturated rings. The highest BCUT2D eigenvalue weighted by molar-refractivity contribution is 7.92. The van der Waals surface area contributed by atoms with E-state index in [9.17, 15) is 17.6 Å². The molecule has 0 saturated carbocycles. The van der Waals surface area contributed by atoms with Gasteiger partial charge in [0.2, 0.25) is 10.0 Å². The van der Waals surface area contributed by atoms with Gasteiger partial charge < -0.3 is 19.0 Å². The zero-order chi connectivity index (χ0) is 24.6. The van der Waals surface area contributed by atoms with Gasteiger partial charge in [0.1, 0.15) is 41.0 Å². The van der Waals surface area contributed by atoms with Gasteiger partial charge in [-0.15, -0.1) is 0 Å². The molecule has 1 N–H and O–H groups in total. The number of ether oxygens (including phenoxy) is 1. The van der Waals surface area contributed by atoms with E-state index in [0.717, 1.165) is 10.6 Å². The lowest BCUT2D eigenvalue weighted by atomic mass is 10.0. The first kappa shape index (κ1) is 23.3. The van der Waals surface area contributed by atoms with Crippen molar-refractivity contribution in [3.63, 3.8) is 0 Å². The lowest BCUT2D eigenvalue weighted by Gasteiger charge is -2.20. The average Bonchev–Trinajstić information content (AvgIpc) is 3.38. The minimum absolute atomic E-state index is 0.00538. The van der Waals surface area contributed by atoms with Gasteiger partial charge in [0.05, 0.1) is 17.5 Å². The van der Waals surface area contributed by atoms with E-state index >= 15 is 0 Å². The van der Waals surface area contributed by atoms with Crippen molar-refractivity contribution in [2.24, 2.45) is 0 Å². The summed E-state index contributed by atoms with van der Waals surface area (Å²) in [7, 11) is -0.791. The monoisotopic (exact) mass is 487 g/mol. The van der Waals surface area contributed by atoms with E-state index in [2.05, 4.69) is 10.5 Å². The van der Waals surface area contributed by atoms with Crippen LogP contribution in [0.4, 0.5) is 10.1 Å². The number of halogens is 1. The van der Waals surface area contributed by atoms with Gasteiger partial charge >= 0.3 is 0 Å². The van der Waals surface area contributed by atoms with E-state index in [1.165, 1.54) is 44.4 Å². The first-order valence-electron chi connectivity index (χ1n) is 10.2. The van der Waals surface area contributed by atoms with Crippen molar-refractivity contribution < 1.29 is 31.3 Å². The summed E-state index contributed by atoms with van der Waals surface area (Å²) < 4.78 is 56.0. The molecule has 0 radical (unpaired) electrons. The fraction of sp³-hybridized carbons (Fsp3) is 0.217. The Morgan fingerprint density at radius 3 is 2.50 bits per heavy atom. The fourth-order valence-corrected chi connectivity index (χ4v) is 3.95. The van der Waals surface area contributed by atoms with Gasteiger partial charge in [-0.2, -0.15) is 0 Å². The van der Waals surface area contributed by atoms with Crippen LogP contribution in [0.15, 0.2) is 51.4 Å². The Morgan fingerprint density at radius 1 is 1.21 bits per heavy atom. The van der Waals surface area contributed by atoms with Gasteiger partial charge in [-0.3, -0.25) is 9.10 Å². The number of fused-ring (bicyclic) bond motifs is 1. The van der Waals surface area contributed by atoms with Gasteiger partial charge in [-0.25, -0.2) is 12.8 Å². The van der Waals surface area contributed by atoms with Crippen molar-refractivity contribution in [3.05, 3.63) is 65.3 Å². The zero-order valence-corrected chi connectivity index (χ0v) is 19.7. The molecule has 2 heterocycles. The summed E-state index contributed by atoms with van der Waals surface area (Å²) in [5.41, 5.74) is 1.66. The molecule has 0 aliphatic heterocycles. The average molecular weight is 488 g/mol. The van der Waals surface area contributed by atoms with Crippen molar-refractivity contribution in [3.8, 4) is 17.1 Å². The maximum Gasteiger partial charge on any atom is 0.255 e. The number of carbonyl (C=O) groups is 1. The van der Waals surface area contributed by atoms with Crippen molar-refractivity contribution in [1.82, 2.24) is 10.5 Å². The topological polar surface area (TPSA) is 115 Å². The maximum atomic E-state index is 13.5. The molecule has 0 aliphatic carbocycles. The Kier molecular flexibility index (Phi) is 6.05. The predicted octanol–water partition coefficient (Wildman–Crippen LogP) is 3.87. The summed E-state index contributed by atoms with van der Waals surface area (Å²) in [4.78, 5) is 12.8. The molecule has 9 nitrogen and oxygen atoms in total. The van der Waals surface area contributed by atoms with E-state index in [1.54, 1.807) is 19.1 Å². The number of aromatic nitrogens is 1. The first-order valence-corrected chi connectivity index (χ1v) is 12.0. The molecule has 11 heteroatoms. The Hall–Kier alpha value is -3.86. The number of hydrogen-bond donors (Lipinski definition) is 1. The van der Waals surface area contributed by atoms with Crippen LogP contribution in [-0.2, 0) is 16.6 Å². The third kappa shape index (κ3) is 4.46. The van der Waals surface area contributed by atoms with E-state index < -0.39 is 21.7 Å². The number of amides is 1. The summed E-state index contributed by atoms with van der Waals surface area (Å²) in [6.07, 6.45) is 1.06. The number of anilines is 1. The van der Waals surface area contributed by atoms with Crippen molar-refractivity contribution >= 4 is 32.6 Å². The molecule has 4 rings (SSSR count). The number of rotatable bonds is 7. The second kappa shape index (κ2) is 8.82. The van der Waals surface area contributed by atoms with Gasteiger partial charge in [0.25, 0.3) is 5.91 Å². The van der Waals surface area contributed by atoms with E-state index in [4.69, 9.17) is 13.7 Å². The number of nitrogens with one attached hydrogen (secondary N) is 1. The lowest BCUT2D eigenvalue weighted by molar-refractivity contribution is 0.0964. The molecule has 178 valence electrons. The van der Waals surface area contributed by atoms with Crippen molar-refractivity contribution in [1.29, 1.82) is 0 Å². The quantitative estimate of drug-likeness (QED) is 0.421. The van der Waals surface area contributed by atoms with Crippen LogP contribution in [0, 0.1) is 12.7 Å². The second-order valence-corrected chi connectivity index (χ2v) is 9.67. The fourth-order valence-electron chi connectivity index (χ4n) is 3.45. The Bertz CT molecular complexity index is 1470. The molecule has 34 heavy (non-hydrogen) atoms. The number of benzene rings is 2. The summed E-state index contributed by atoms with van der Waals surface area (Å²) in [5, 5.41) is 6.86. The molecule has 1 amide bonds. The van der Waals surface area contributed by atoms with Gasteiger partial charge in [-0.1, -0.05) is 5.16 Å². The number of nitrogens with zero attached hydrogens (tertiary/aromatic N) is 2. The molecule has 0 bridgehead atoms. The highest BCUT2D eigenvalue weighted by atomic mass is 32.2. The summed E-state index contributed by atoms with van der Waals surface area (Å²) in [6, 6.07) is 10.2. The third-order valence-electron chi connectivity index (χ3n) is 5.22. The van der Waals surface area contributed by atoms with Crippen LogP contribution < -0.4 is 14.4 Å². The molecule has 2 aromatic heterocycles. The largest absolute Gasteiger partial charge is 0.485 e. The van der Waals surface area contributed by atoms with E-state index in [0.29, 0.717) is 22.4 Å². The SMILES string of the molecule is CNC(=O)c1c(-c2ccc(F)cc2)oc2cc(N(C)S(C)(=O)=O)c(OCc3cc(C)on3)cc12. The molecular formula is C23H22FN3O6S. The highest BCUT2D eigenvalue weighted by Crippen LogP contribution is 2.41. The van der Waals surface area contributed by atoms with Crippen LogP contribution in [0.5, 0.6) is 5.75 Å². The van der Waals surface area contributed by atoms with E-state index in [1.807, 2.05) is 0 Å². The molecule has 0 spiro atoms. The maximum absolute atomic E-state index is 13.5. The van der Waals surface area contributed by atoms with Crippen LogP contribution in [0.3, 0.4) is 0 Å².